The van der Waals surface area contributed by atoms with E-state index in [1.54, 1.807) is 32.2 Å². The van der Waals surface area contributed by atoms with Crippen molar-refractivity contribution >= 4 is 17.5 Å². The van der Waals surface area contributed by atoms with E-state index in [1.165, 1.54) is 0 Å². The molecule has 1 heterocycles. The van der Waals surface area contributed by atoms with Crippen LogP contribution in [0.25, 0.3) is 0 Å². The predicted octanol–water partition coefficient (Wildman–Crippen LogP) is 0.801. The van der Waals surface area contributed by atoms with Crippen LogP contribution in [0.2, 0.25) is 0 Å². The fourth-order valence-electron chi connectivity index (χ4n) is 2.36. The highest BCUT2D eigenvalue weighted by molar-refractivity contribution is 6.01. The Morgan fingerprint density at radius 1 is 1.29 bits per heavy atom. The summed E-state index contributed by atoms with van der Waals surface area (Å²) in [4.78, 5) is 24.2. The van der Waals surface area contributed by atoms with E-state index in [4.69, 9.17) is 10.5 Å². The number of nitrogens with one attached hydrogen (secondary N) is 2. The molecule has 0 bridgehead atoms. The summed E-state index contributed by atoms with van der Waals surface area (Å²) < 4.78 is 5.24. The molecule has 0 atom stereocenters. The summed E-state index contributed by atoms with van der Waals surface area (Å²) in [6, 6.07) is 5.22. The first kappa shape index (κ1) is 15.5. The highest BCUT2D eigenvalue weighted by Gasteiger charge is 2.36. The maximum absolute atomic E-state index is 12.4. The lowest BCUT2D eigenvalue weighted by molar-refractivity contribution is -0.124. The van der Waals surface area contributed by atoms with Gasteiger partial charge in [0.25, 0.3) is 5.91 Å². The van der Waals surface area contributed by atoms with E-state index in [-0.39, 0.29) is 11.8 Å². The normalized spacial score (nSPS) is 17.1. The highest BCUT2D eigenvalue weighted by atomic mass is 16.5. The van der Waals surface area contributed by atoms with Gasteiger partial charge in [-0.25, -0.2) is 0 Å². The zero-order valence-electron chi connectivity index (χ0n) is 12.4. The van der Waals surface area contributed by atoms with E-state index >= 15 is 0 Å². The van der Waals surface area contributed by atoms with Gasteiger partial charge in [-0.2, -0.15) is 0 Å². The lowest BCUT2D eigenvalue weighted by atomic mass is 9.90. The Bertz CT molecular complexity index is 551. The Hall–Kier alpha value is -1.92. The summed E-state index contributed by atoms with van der Waals surface area (Å²) in [5.41, 5.74) is 7.11. The standard InChI is InChI=1S/C15H21N3O3/c1-10-11(13(19)17-2)4-3-5-12(10)18-14(20)15(16)6-8-21-9-7-15/h3-5H,6-9,16H2,1-2H3,(H,17,19)(H,18,20). The van der Waals surface area contributed by atoms with Crippen molar-refractivity contribution in [2.24, 2.45) is 5.73 Å². The molecule has 114 valence electrons. The number of carbonyl (C=O) groups excluding carboxylic acids is 2. The van der Waals surface area contributed by atoms with Crippen LogP contribution in [0.5, 0.6) is 0 Å². The Morgan fingerprint density at radius 3 is 2.57 bits per heavy atom. The molecule has 21 heavy (non-hydrogen) atoms. The molecule has 2 amide bonds. The summed E-state index contributed by atoms with van der Waals surface area (Å²) in [6.07, 6.45) is 0.986. The van der Waals surface area contributed by atoms with Crippen molar-refractivity contribution in [3.8, 4) is 0 Å². The molecule has 1 aromatic carbocycles. The zero-order valence-corrected chi connectivity index (χ0v) is 12.4. The molecule has 1 aliphatic heterocycles. The summed E-state index contributed by atoms with van der Waals surface area (Å²) in [6.45, 7) is 2.77. The SMILES string of the molecule is CNC(=O)c1cccc(NC(=O)C2(N)CCOCC2)c1C. The topological polar surface area (TPSA) is 93.5 Å². The molecule has 0 spiro atoms. The average Bonchev–Trinajstić information content (AvgIpc) is 2.49. The lowest BCUT2D eigenvalue weighted by Crippen LogP contribution is -2.54. The molecule has 1 saturated heterocycles. The highest BCUT2D eigenvalue weighted by Crippen LogP contribution is 2.23. The minimum atomic E-state index is -0.909. The first-order valence-corrected chi connectivity index (χ1v) is 6.98. The third kappa shape index (κ3) is 3.22. The maximum atomic E-state index is 12.4. The van der Waals surface area contributed by atoms with Gasteiger partial charge in [-0.15, -0.1) is 0 Å². The Kier molecular flexibility index (Phi) is 4.59. The van der Waals surface area contributed by atoms with Crippen molar-refractivity contribution < 1.29 is 14.3 Å². The molecule has 1 aromatic rings. The van der Waals surface area contributed by atoms with Crippen LogP contribution in [0.4, 0.5) is 5.69 Å². The Labute approximate surface area is 124 Å². The number of rotatable bonds is 3. The zero-order chi connectivity index (χ0) is 15.5. The monoisotopic (exact) mass is 291 g/mol. The molecule has 6 heteroatoms. The van der Waals surface area contributed by atoms with E-state index in [0.717, 1.165) is 5.56 Å². The molecular formula is C15H21N3O3. The van der Waals surface area contributed by atoms with Crippen molar-refractivity contribution in [2.45, 2.75) is 25.3 Å². The number of hydrogen-bond donors (Lipinski definition) is 3. The van der Waals surface area contributed by atoms with Crippen LogP contribution in [-0.4, -0.2) is 37.6 Å². The van der Waals surface area contributed by atoms with Gasteiger partial charge in [-0.05, 0) is 37.5 Å². The number of carbonyl (C=O) groups is 2. The fourth-order valence-corrected chi connectivity index (χ4v) is 2.36. The van der Waals surface area contributed by atoms with Crippen LogP contribution in [0.15, 0.2) is 18.2 Å². The predicted molar refractivity (Wildman–Crippen MR) is 80.2 cm³/mol. The summed E-state index contributed by atoms with van der Waals surface area (Å²) in [7, 11) is 1.57. The quantitative estimate of drug-likeness (QED) is 0.768. The summed E-state index contributed by atoms with van der Waals surface area (Å²) >= 11 is 0. The van der Waals surface area contributed by atoms with E-state index in [9.17, 15) is 9.59 Å². The Morgan fingerprint density at radius 2 is 1.95 bits per heavy atom. The van der Waals surface area contributed by atoms with Gasteiger partial charge >= 0.3 is 0 Å². The number of amides is 2. The Balaban J connectivity index is 2.19. The molecule has 0 radical (unpaired) electrons. The molecule has 6 nitrogen and oxygen atoms in total. The van der Waals surface area contributed by atoms with Gasteiger partial charge in [0.05, 0.1) is 0 Å². The van der Waals surface area contributed by atoms with Crippen LogP contribution in [-0.2, 0) is 9.53 Å². The van der Waals surface area contributed by atoms with Crippen LogP contribution in [0.3, 0.4) is 0 Å². The van der Waals surface area contributed by atoms with E-state index < -0.39 is 5.54 Å². The van der Waals surface area contributed by atoms with Crippen molar-refractivity contribution in [3.63, 3.8) is 0 Å². The lowest BCUT2D eigenvalue weighted by Gasteiger charge is -2.32. The number of anilines is 1. The largest absolute Gasteiger partial charge is 0.381 e. The van der Waals surface area contributed by atoms with E-state index in [0.29, 0.717) is 37.3 Å². The second kappa shape index (κ2) is 6.24. The molecular weight excluding hydrogens is 270 g/mol. The minimum Gasteiger partial charge on any atom is -0.381 e. The van der Waals surface area contributed by atoms with Crippen LogP contribution < -0.4 is 16.4 Å². The van der Waals surface area contributed by atoms with Crippen molar-refractivity contribution in [2.75, 3.05) is 25.6 Å². The fraction of sp³-hybridized carbons (Fsp3) is 0.467. The number of nitrogens with two attached hydrogens (primary N) is 1. The minimum absolute atomic E-state index is 0.183. The third-order valence-electron chi connectivity index (χ3n) is 3.89. The molecule has 0 saturated carbocycles. The number of hydrogen-bond acceptors (Lipinski definition) is 4. The maximum Gasteiger partial charge on any atom is 0.251 e. The van der Waals surface area contributed by atoms with Crippen LogP contribution >= 0.6 is 0 Å². The van der Waals surface area contributed by atoms with Gasteiger partial charge in [-0.1, -0.05) is 6.07 Å². The van der Waals surface area contributed by atoms with Gasteiger partial charge in [0.1, 0.15) is 5.54 Å². The number of ether oxygens (including phenoxy) is 1. The van der Waals surface area contributed by atoms with Crippen LogP contribution in [0.1, 0.15) is 28.8 Å². The molecule has 4 N–H and O–H groups in total. The molecule has 0 unspecified atom stereocenters. The van der Waals surface area contributed by atoms with Gasteiger partial charge in [0, 0.05) is 31.5 Å². The third-order valence-corrected chi connectivity index (χ3v) is 3.89. The molecule has 0 aliphatic carbocycles. The van der Waals surface area contributed by atoms with E-state index in [1.807, 2.05) is 0 Å². The van der Waals surface area contributed by atoms with Crippen molar-refractivity contribution in [1.82, 2.24) is 5.32 Å². The average molecular weight is 291 g/mol. The first-order chi connectivity index (χ1) is 9.98. The molecule has 1 fully saturated rings. The molecule has 1 aliphatic rings. The second-order valence-electron chi connectivity index (χ2n) is 5.28. The second-order valence-corrected chi connectivity index (χ2v) is 5.28. The van der Waals surface area contributed by atoms with Gasteiger partial charge in [0.2, 0.25) is 5.91 Å². The first-order valence-electron chi connectivity index (χ1n) is 6.98. The number of benzene rings is 1. The molecule has 2 rings (SSSR count). The van der Waals surface area contributed by atoms with Crippen molar-refractivity contribution in [3.05, 3.63) is 29.3 Å². The van der Waals surface area contributed by atoms with E-state index in [2.05, 4.69) is 10.6 Å². The van der Waals surface area contributed by atoms with Crippen molar-refractivity contribution in [1.29, 1.82) is 0 Å². The van der Waals surface area contributed by atoms with Gasteiger partial charge in [-0.3, -0.25) is 9.59 Å². The smallest absolute Gasteiger partial charge is 0.251 e. The van der Waals surface area contributed by atoms with Crippen LogP contribution in [0, 0.1) is 6.92 Å². The molecule has 0 aromatic heterocycles. The van der Waals surface area contributed by atoms with Gasteiger partial charge in [0.15, 0.2) is 0 Å². The summed E-state index contributed by atoms with van der Waals surface area (Å²) in [5.74, 6) is -0.417. The summed E-state index contributed by atoms with van der Waals surface area (Å²) in [5, 5.41) is 5.42. The van der Waals surface area contributed by atoms with Gasteiger partial charge < -0.3 is 21.1 Å².